The molecule has 0 unspecified atom stereocenters. The van der Waals surface area contributed by atoms with Crippen molar-refractivity contribution >= 4 is 21.7 Å². The number of piperazine rings is 1. The van der Waals surface area contributed by atoms with Crippen molar-refractivity contribution < 1.29 is 13.2 Å². The van der Waals surface area contributed by atoms with Crippen molar-refractivity contribution in [2.45, 2.75) is 24.4 Å². The minimum absolute atomic E-state index is 0.00212. The summed E-state index contributed by atoms with van der Waals surface area (Å²) in [5.41, 5.74) is 6.88. The number of nitrogens with two attached hydrogens (primary N) is 1. The summed E-state index contributed by atoms with van der Waals surface area (Å²) in [6.07, 6.45) is 4.81. The summed E-state index contributed by atoms with van der Waals surface area (Å²) in [4.78, 5) is 25.1. The van der Waals surface area contributed by atoms with Crippen LogP contribution in [0.5, 0.6) is 0 Å². The first kappa shape index (κ1) is 21.7. The number of nitrogen functional groups attached to an aromatic ring is 1. The van der Waals surface area contributed by atoms with Gasteiger partial charge >= 0.3 is 0 Å². The van der Waals surface area contributed by atoms with Crippen molar-refractivity contribution in [2.75, 3.05) is 45.0 Å². The Morgan fingerprint density at radius 2 is 1.74 bits per heavy atom. The standard InChI is InChI=1S/C21H28N6O3S/c22-19-15-17(4-8-23-19)16-25-9-5-18(6-10-25)21(28)26-11-13-27(14-12-26)31(29,30)20-3-1-2-7-24-20/h1-4,7-8,15,18H,5-6,9-14,16H2,(H2,22,23). The van der Waals surface area contributed by atoms with Crippen LogP contribution >= 0.6 is 0 Å². The van der Waals surface area contributed by atoms with Gasteiger partial charge < -0.3 is 10.6 Å². The number of amides is 1. The third-order valence-corrected chi connectivity index (χ3v) is 7.80. The highest BCUT2D eigenvalue weighted by atomic mass is 32.2. The van der Waals surface area contributed by atoms with Gasteiger partial charge in [0.1, 0.15) is 5.82 Å². The smallest absolute Gasteiger partial charge is 0.260 e. The first-order valence-electron chi connectivity index (χ1n) is 10.6. The lowest BCUT2D eigenvalue weighted by atomic mass is 9.94. The van der Waals surface area contributed by atoms with Crippen LogP contribution in [-0.4, -0.2) is 77.7 Å². The molecule has 0 spiro atoms. The average Bonchev–Trinajstić information content (AvgIpc) is 2.80. The largest absolute Gasteiger partial charge is 0.384 e. The number of piperidine rings is 1. The molecule has 2 aliphatic rings. The first-order chi connectivity index (χ1) is 14.9. The fraction of sp³-hybridized carbons (Fsp3) is 0.476. The van der Waals surface area contributed by atoms with Gasteiger partial charge in [0.15, 0.2) is 5.03 Å². The minimum atomic E-state index is -3.61. The number of rotatable bonds is 5. The molecule has 31 heavy (non-hydrogen) atoms. The van der Waals surface area contributed by atoms with Crippen molar-refractivity contribution in [1.82, 2.24) is 24.1 Å². The van der Waals surface area contributed by atoms with Gasteiger partial charge in [-0.25, -0.2) is 18.4 Å². The van der Waals surface area contributed by atoms with Gasteiger partial charge in [-0.3, -0.25) is 9.69 Å². The van der Waals surface area contributed by atoms with E-state index >= 15 is 0 Å². The van der Waals surface area contributed by atoms with Gasteiger partial charge in [-0.05, 0) is 55.8 Å². The van der Waals surface area contributed by atoms with Crippen LogP contribution in [0.25, 0.3) is 0 Å². The summed E-state index contributed by atoms with van der Waals surface area (Å²) < 4.78 is 26.8. The summed E-state index contributed by atoms with van der Waals surface area (Å²) >= 11 is 0. The molecule has 4 rings (SSSR count). The van der Waals surface area contributed by atoms with E-state index in [9.17, 15) is 13.2 Å². The van der Waals surface area contributed by atoms with E-state index < -0.39 is 10.0 Å². The number of carbonyl (C=O) groups excluding carboxylic acids is 1. The Labute approximate surface area is 182 Å². The van der Waals surface area contributed by atoms with Crippen LogP contribution in [0.2, 0.25) is 0 Å². The van der Waals surface area contributed by atoms with Crippen LogP contribution in [0, 0.1) is 5.92 Å². The number of anilines is 1. The Morgan fingerprint density at radius 1 is 1.00 bits per heavy atom. The fourth-order valence-corrected chi connectivity index (χ4v) is 5.58. The zero-order valence-electron chi connectivity index (χ0n) is 17.4. The van der Waals surface area contributed by atoms with Crippen LogP contribution in [0.4, 0.5) is 5.82 Å². The first-order valence-corrected chi connectivity index (χ1v) is 12.0. The third kappa shape index (κ3) is 5.03. The number of carbonyl (C=O) groups is 1. The van der Waals surface area contributed by atoms with Gasteiger partial charge in [-0.1, -0.05) is 6.07 Å². The van der Waals surface area contributed by atoms with Gasteiger partial charge in [-0.2, -0.15) is 4.31 Å². The molecular formula is C21H28N6O3S. The molecule has 4 heterocycles. The summed E-state index contributed by atoms with van der Waals surface area (Å²) in [6, 6.07) is 8.70. The van der Waals surface area contributed by atoms with E-state index in [1.165, 1.54) is 16.6 Å². The highest BCUT2D eigenvalue weighted by Gasteiger charge is 2.34. The minimum Gasteiger partial charge on any atom is -0.384 e. The second-order valence-electron chi connectivity index (χ2n) is 8.04. The number of aromatic nitrogens is 2. The average molecular weight is 445 g/mol. The van der Waals surface area contributed by atoms with E-state index in [0.29, 0.717) is 32.0 Å². The molecule has 0 saturated carbocycles. The Morgan fingerprint density at radius 3 is 2.39 bits per heavy atom. The fourth-order valence-electron chi connectivity index (χ4n) is 4.23. The van der Waals surface area contributed by atoms with E-state index in [2.05, 4.69) is 14.9 Å². The molecule has 166 valence electrons. The molecule has 2 N–H and O–H groups in total. The van der Waals surface area contributed by atoms with Crippen molar-refractivity contribution in [2.24, 2.45) is 5.92 Å². The molecule has 0 aliphatic carbocycles. The van der Waals surface area contributed by atoms with Gasteiger partial charge in [0.05, 0.1) is 0 Å². The zero-order valence-corrected chi connectivity index (χ0v) is 18.2. The molecule has 1 amide bonds. The van der Waals surface area contributed by atoms with Crippen LogP contribution < -0.4 is 5.73 Å². The predicted octanol–water partition coefficient (Wildman–Crippen LogP) is 0.804. The third-order valence-electron chi connectivity index (χ3n) is 5.98. The summed E-state index contributed by atoms with van der Waals surface area (Å²) in [7, 11) is -3.61. The highest BCUT2D eigenvalue weighted by molar-refractivity contribution is 7.89. The summed E-state index contributed by atoms with van der Waals surface area (Å²) in [6.45, 7) is 3.94. The number of hydrogen-bond acceptors (Lipinski definition) is 7. The molecule has 2 aromatic heterocycles. The maximum absolute atomic E-state index is 13.0. The summed E-state index contributed by atoms with van der Waals surface area (Å²) in [5.74, 6) is 0.659. The van der Waals surface area contributed by atoms with Crippen molar-refractivity contribution in [1.29, 1.82) is 0 Å². The molecule has 0 atom stereocenters. The molecule has 9 nitrogen and oxygen atoms in total. The Hall–Kier alpha value is -2.56. The Bertz CT molecular complexity index is 1000. The second kappa shape index (κ2) is 9.29. The lowest BCUT2D eigenvalue weighted by Gasteiger charge is -2.38. The molecule has 2 aliphatic heterocycles. The van der Waals surface area contributed by atoms with E-state index in [-0.39, 0.29) is 16.9 Å². The van der Waals surface area contributed by atoms with E-state index in [1.54, 1.807) is 18.3 Å². The number of nitrogens with zero attached hydrogens (tertiary/aromatic N) is 5. The molecule has 0 bridgehead atoms. The molecule has 2 saturated heterocycles. The van der Waals surface area contributed by atoms with E-state index in [0.717, 1.165) is 38.0 Å². The maximum atomic E-state index is 13.0. The highest BCUT2D eigenvalue weighted by Crippen LogP contribution is 2.23. The number of sulfonamides is 1. The van der Waals surface area contributed by atoms with Crippen molar-refractivity contribution in [3.8, 4) is 0 Å². The number of hydrogen-bond donors (Lipinski definition) is 1. The van der Waals surface area contributed by atoms with Crippen LogP contribution in [0.3, 0.4) is 0 Å². The molecule has 0 radical (unpaired) electrons. The second-order valence-corrected chi connectivity index (χ2v) is 9.92. The molecular weight excluding hydrogens is 416 g/mol. The normalized spacial score (nSPS) is 19.4. The van der Waals surface area contributed by atoms with Crippen molar-refractivity contribution in [3.63, 3.8) is 0 Å². The van der Waals surface area contributed by atoms with Gasteiger partial charge in [0.2, 0.25) is 5.91 Å². The van der Waals surface area contributed by atoms with Crippen LogP contribution in [0.1, 0.15) is 18.4 Å². The monoisotopic (exact) mass is 444 g/mol. The SMILES string of the molecule is Nc1cc(CN2CCC(C(=O)N3CCN(S(=O)(=O)c4ccccn4)CC3)CC2)ccn1. The van der Waals surface area contributed by atoms with Crippen LogP contribution in [0.15, 0.2) is 47.8 Å². The lowest BCUT2D eigenvalue weighted by Crippen LogP contribution is -2.52. The van der Waals surface area contributed by atoms with Gasteiger partial charge in [-0.15, -0.1) is 0 Å². The maximum Gasteiger partial charge on any atom is 0.260 e. The zero-order chi connectivity index (χ0) is 21.8. The number of likely N-dealkylation sites (tertiary alicyclic amines) is 1. The molecule has 2 fully saturated rings. The Kier molecular flexibility index (Phi) is 6.49. The van der Waals surface area contributed by atoms with Crippen molar-refractivity contribution in [3.05, 3.63) is 48.3 Å². The summed E-state index contributed by atoms with van der Waals surface area (Å²) in [5, 5.41) is 0.0538. The van der Waals surface area contributed by atoms with Crippen LogP contribution in [-0.2, 0) is 21.4 Å². The molecule has 2 aromatic rings. The molecule has 0 aromatic carbocycles. The predicted molar refractivity (Wildman–Crippen MR) is 116 cm³/mol. The van der Waals surface area contributed by atoms with E-state index in [1.807, 2.05) is 17.0 Å². The number of pyridine rings is 2. The van der Waals surface area contributed by atoms with Gasteiger partial charge in [0.25, 0.3) is 10.0 Å². The molecule has 10 heteroatoms. The van der Waals surface area contributed by atoms with E-state index in [4.69, 9.17) is 5.73 Å². The quantitative estimate of drug-likeness (QED) is 0.726. The van der Waals surface area contributed by atoms with Gasteiger partial charge in [0, 0.05) is 51.0 Å². The Balaban J connectivity index is 1.27. The topological polar surface area (TPSA) is 113 Å². The lowest BCUT2D eigenvalue weighted by molar-refractivity contribution is -0.138.